The summed E-state index contributed by atoms with van der Waals surface area (Å²) in [5.41, 5.74) is 2.58. The number of unbranched alkanes of at least 4 members (excludes halogenated alkanes) is 1. The Morgan fingerprint density at radius 2 is 2.03 bits per heavy atom. The maximum absolute atomic E-state index is 12.7. The summed E-state index contributed by atoms with van der Waals surface area (Å²) in [6, 6.07) is 15.4. The molecule has 0 aliphatic carbocycles. The topological polar surface area (TPSA) is 58.6 Å². The second-order valence-electron chi connectivity index (χ2n) is 7.49. The van der Waals surface area contributed by atoms with Crippen molar-refractivity contribution in [1.82, 2.24) is 0 Å². The molecule has 2 aromatic rings. The van der Waals surface area contributed by atoms with Crippen LogP contribution in [0, 0.1) is 5.92 Å². The SMILES string of the molecule is CCCCC(CC)C(=O)Nc1cccc(C2SCC(=O)N2c2cccc(OC)c2)c1. The first-order valence-corrected chi connectivity index (χ1v) is 11.6. The number of thioether (sulfide) groups is 1. The van der Waals surface area contributed by atoms with E-state index in [9.17, 15) is 9.59 Å². The van der Waals surface area contributed by atoms with E-state index in [1.54, 1.807) is 18.9 Å². The van der Waals surface area contributed by atoms with Crippen molar-refractivity contribution in [3.8, 4) is 5.75 Å². The molecule has 2 amide bonds. The smallest absolute Gasteiger partial charge is 0.238 e. The van der Waals surface area contributed by atoms with Crippen LogP contribution in [0.5, 0.6) is 5.75 Å². The number of ether oxygens (including phenoxy) is 1. The van der Waals surface area contributed by atoms with Crippen LogP contribution in [-0.2, 0) is 9.59 Å². The van der Waals surface area contributed by atoms with E-state index in [-0.39, 0.29) is 23.1 Å². The Morgan fingerprint density at radius 3 is 2.77 bits per heavy atom. The Hall–Kier alpha value is -2.47. The first-order chi connectivity index (χ1) is 14.6. The largest absolute Gasteiger partial charge is 0.497 e. The lowest BCUT2D eigenvalue weighted by atomic mass is 9.98. The Labute approximate surface area is 183 Å². The number of hydrogen-bond acceptors (Lipinski definition) is 4. The second-order valence-corrected chi connectivity index (χ2v) is 8.56. The van der Waals surface area contributed by atoms with Gasteiger partial charge in [0.1, 0.15) is 11.1 Å². The summed E-state index contributed by atoms with van der Waals surface area (Å²) in [4.78, 5) is 27.1. The van der Waals surface area contributed by atoms with Gasteiger partial charge in [-0.2, -0.15) is 0 Å². The molecule has 1 N–H and O–H groups in total. The van der Waals surface area contributed by atoms with Crippen LogP contribution in [0.25, 0.3) is 0 Å². The molecule has 1 aliphatic rings. The molecule has 0 spiro atoms. The first kappa shape index (κ1) is 22.2. The molecular weight excluding hydrogens is 396 g/mol. The van der Waals surface area contributed by atoms with Gasteiger partial charge in [-0.15, -0.1) is 11.8 Å². The van der Waals surface area contributed by atoms with Gasteiger partial charge >= 0.3 is 0 Å². The van der Waals surface area contributed by atoms with Gasteiger partial charge in [0.05, 0.1) is 12.9 Å². The number of benzene rings is 2. The van der Waals surface area contributed by atoms with E-state index in [1.165, 1.54) is 0 Å². The molecule has 2 unspecified atom stereocenters. The van der Waals surface area contributed by atoms with Gasteiger partial charge in [-0.3, -0.25) is 14.5 Å². The normalized spacial score (nSPS) is 17.1. The number of methoxy groups -OCH3 is 1. The maximum Gasteiger partial charge on any atom is 0.238 e. The number of hydrogen-bond donors (Lipinski definition) is 1. The maximum atomic E-state index is 12.7. The van der Waals surface area contributed by atoms with E-state index in [0.29, 0.717) is 5.75 Å². The summed E-state index contributed by atoms with van der Waals surface area (Å²) in [5, 5.41) is 2.94. The lowest BCUT2D eigenvalue weighted by molar-refractivity contribution is -0.120. The zero-order valence-corrected chi connectivity index (χ0v) is 18.7. The number of carbonyl (C=O) groups is 2. The van der Waals surface area contributed by atoms with Crippen molar-refractivity contribution < 1.29 is 14.3 Å². The fourth-order valence-corrected chi connectivity index (χ4v) is 4.86. The minimum atomic E-state index is -0.136. The highest BCUT2D eigenvalue weighted by atomic mass is 32.2. The highest BCUT2D eigenvalue weighted by Crippen LogP contribution is 2.42. The summed E-state index contributed by atoms with van der Waals surface area (Å²) >= 11 is 1.59. The molecule has 0 bridgehead atoms. The van der Waals surface area contributed by atoms with Gasteiger partial charge in [-0.1, -0.05) is 44.9 Å². The van der Waals surface area contributed by atoms with Crippen molar-refractivity contribution >= 4 is 35.0 Å². The minimum Gasteiger partial charge on any atom is -0.497 e. The zero-order valence-electron chi connectivity index (χ0n) is 17.9. The van der Waals surface area contributed by atoms with Gasteiger partial charge in [-0.25, -0.2) is 0 Å². The van der Waals surface area contributed by atoms with Gasteiger partial charge in [0.2, 0.25) is 11.8 Å². The van der Waals surface area contributed by atoms with Crippen LogP contribution in [-0.4, -0.2) is 24.7 Å². The number of amides is 2. The second kappa shape index (κ2) is 10.5. The summed E-state index contributed by atoms with van der Waals surface area (Å²) < 4.78 is 5.32. The van der Waals surface area contributed by atoms with Gasteiger partial charge in [-0.05, 0) is 42.7 Å². The van der Waals surface area contributed by atoms with E-state index in [0.717, 1.165) is 48.4 Å². The van der Waals surface area contributed by atoms with Crippen LogP contribution in [0.4, 0.5) is 11.4 Å². The molecule has 2 atom stereocenters. The van der Waals surface area contributed by atoms with Crippen molar-refractivity contribution in [2.24, 2.45) is 5.92 Å². The Kier molecular flexibility index (Phi) is 7.80. The van der Waals surface area contributed by atoms with Gasteiger partial charge in [0, 0.05) is 23.4 Å². The van der Waals surface area contributed by atoms with Crippen LogP contribution in [0.1, 0.15) is 50.5 Å². The molecule has 160 valence electrons. The molecule has 1 saturated heterocycles. The van der Waals surface area contributed by atoms with Crippen LogP contribution in [0.2, 0.25) is 0 Å². The highest BCUT2D eigenvalue weighted by Gasteiger charge is 2.34. The van der Waals surface area contributed by atoms with Gasteiger partial charge in [0.25, 0.3) is 0 Å². The highest BCUT2D eigenvalue weighted by molar-refractivity contribution is 8.00. The number of rotatable bonds is 9. The fourth-order valence-electron chi connectivity index (χ4n) is 3.70. The third-order valence-electron chi connectivity index (χ3n) is 5.41. The fraction of sp³-hybridized carbons (Fsp3) is 0.417. The summed E-state index contributed by atoms with van der Waals surface area (Å²) in [5.74, 6) is 1.31. The van der Waals surface area contributed by atoms with Crippen LogP contribution in [0.3, 0.4) is 0 Å². The molecule has 0 aromatic heterocycles. The molecule has 1 aliphatic heterocycles. The van der Waals surface area contributed by atoms with Gasteiger partial charge < -0.3 is 10.1 Å². The van der Waals surface area contributed by atoms with E-state index >= 15 is 0 Å². The van der Waals surface area contributed by atoms with Crippen LogP contribution < -0.4 is 15.0 Å². The van der Waals surface area contributed by atoms with Crippen LogP contribution >= 0.6 is 11.8 Å². The standard InChI is InChI=1S/C24H30N2O3S/c1-4-6-9-17(5-2)23(28)25-19-11-7-10-18(14-19)24-26(22(27)16-30-24)20-12-8-13-21(15-20)29-3/h7-8,10-15,17,24H,4-6,9,16H2,1-3H3,(H,25,28). The molecule has 30 heavy (non-hydrogen) atoms. The lowest BCUT2D eigenvalue weighted by Gasteiger charge is -2.25. The van der Waals surface area contributed by atoms with E-state index in [1.807, 2.05) is 53.4 Å². The molecule has 1 fully saturated rings. The van der Waals surface area contributed by atoms with E-state index in [2.05, 4.69) is 19.2 Å². The molecule has 5 nitrogen and oxygen atoms in total. The molecule has 6 heteroatoms. The summed E-state index contributed by atoms with van der Waals surface area (Å²) in [6.45, 7) is 4.20. The van der Waals surface area contributed by atoms with Crippen molar-refractivity contribution in [2.75, 3.05) is 23.1 Å². The average Bonchev–Trinajstić information content (AvgIpc) is 3.16. The monoisotopic (exact) mass is 426 g/mol. The molecule has 3 rings (SSSR count). The Morgan fingerprint density at radius 1 is 1.23 bits per heavy atom. The Bertz CT molecular complexity index is 886. The average molecular weight is 427 g/mol. The predicted octanol–water partition coefficient (Wildman–Crippen LogP) is 5.63. The number of nitrogens with zero attached hydrogens (tertiary/aromatic N) is 1. The predicted molar refractivity (Wildman–Crippen MR) is 124 cm³/mol. The van der Waals surface area contributed by atoms with Crippen molar-refractivity contribution in [2.45, 2.75) is 44.9 Å². The van der Waals surface area contributed by atoms with Crippen LogP contribution in [0.15, 0.2) is 48.5 Å². The summed E-state index contributed by atoms with van der Waals surface area (Å²) in [6.07, 6.45) is 3.89. The van der Waals surface area contributed by atoms with E-state index in [4.69, 9.17) is 4.74 Å². The lowest BCUT2D eigenvalue weighted by Crippen LogP contribution is -2.28. The van der Waals surface area contributed by atoms with Crippen molar-refractivity contribution in [3.63, 3.8) is 0 Å². The quantitative estimate of drug-likeness (QED) is 0.565. The van der Waals surface area contributed by atoms with Crippen molar-refractivity contribution in [1.29, 1.82) is 0 Å². The molecule has 0 radical (unpaired) electrons. The third-order valence-corrected chi connectivity index (χ3v) is 6.62. The van der Waals surface area contributed by atoms with Gasteiger partial charge in [0.15, 0.2) is 0 Å². The first-order valence-electron chi connectivity index (χ1n) is 10.6. The third kappa shape index (κ3) is 5.17. The molecular formula is C24H30N2O3S. The zero-order chi connectivity index (χ0) is 21.5. The number of anilines is 2. The number of nitrogens with one attached hydrogen (secondary N) is 1. The molecule has 1 heterocycles. The Balaban J connectivity index is 1.80. The minimum absolute atomic E-state index is 0.0318. The summed E-state index contributed by atoms with van der Waals surface area (Å²) in [7, 11) is 1.62. The van der Waals surface area contributed by atoms with E-state index < -0.39 is 0 Å². The number of carbonyl (C=O) groups excluding carboxylic acids is 2. The molecule has 0 saturated carbocycles. The van der Waals surface area contributed by atoms with Crippen molar-refractivity contribution in [3.05, 3.63) is 54.1 Å². The molecule has 2 aromatic carbocycles.